The van der Waals surface area contributed by atoms with Crippen LogP contribution in [0.3, 0.4) is 0 Å². The predicted octanol–water partition coefficient (Wildman–Crippen LogP) is 0.439. The highest BCUT2D eigenvalue weighted by atomic mass is 16.5. The number of hydrogen-bond donors (Lipinski definition) is 1. The molecule has 0 aromatic carbocycles. The van der Waals surface area contributed by atoms with Gasteiger partial charge in [0.1, 0.15) is 5.69 Å². The summed E-state index contributed by atoms with van der Waals surface area (Å²) in [6.45, 7) is 0.612. The van der Waals surface area contributed by atoms with Crippen LogP contribution >= 0.6 is 0 Å². The van der Waals surface area contributed by atoms with Crippen LogP contribution < -0.4 is 5.32 Å². The predicted molar refractivity (Wildman–Crippen MR) is 56.4 cm³/mol. The van der Waals surface area contributed by atoms with Crippen molar-refractivity contribution < 1.29 is 9.53 Å². The zero-order valence-electron chi connectivity index (χ0n) is 8.70. The van der Waals surface area contributed by atoms with Gasteiger partial charge < -0.3 is 10.1 Å². The van der Waals surface area contributed by atoms with Gasteiger partial charge in [0.15, 0.2) is 0 Å². The zero-order valence-corrected chi connectivity index (χ0v) is 8.70. The third-order valence-corrected chi connectivity index (χ3v) is 1.67. The third-order valence-electron chi connectivity index (χ3n) is 1.67. The van der Waals surface area contributed by atoms with E-state index in [0.717, 1.165) is 0 Å². The fourth-order valence-electron chi connectivity index (χ4n) is 0.930. The summed E-state index contributed by atoms with van der Waals surface area (Å²) in [5.74, 6) is 5.34. The molecule has 0 atom stereocenters. The molecule has 78 valence electrons. The van der Waals surface area contributed by atoms with Crippen LogP contribution in [-0.4, -0.2) is 31.7 Å². The van der Waals surface area contributed by atoms with E-state index in [0.29, 0.717) is 17.8 Å². The number of esters is 1. The molecule has 4 nitrogen and oxygen atoms in total. The molecule has 0 bridgehead atoms. The van der Waals surface area contributed by atoms with E-state index in [1.165, 1.54) is 13.3 Å². The van der Waals surface area contributed by atoms with E-state index in [1.807, 2.05) is 7.05 Å². The standard InChI is InChI=1S/C11H12N2O2/c1-12-7-3-4-10-6-5-9(8-13-10)11(14)15-2/h5-6,8,12H,7H2,1-2H3. The van der Waals surface area contributed by atoms with Crippen molar-refractivity contribution in [1.82, 2.24) is 10.3 Å². The van der Waals surface area contributed by atoms with E-state index in [1.54, 1.807) is 12.1 Å². The van der Waals surface area contributed by atoms with Crippen LogP contribution in [0.25, 0.3) is 0 Å². The van der Waals surface area contributed by atoms with Gasteiger partial charge in [0.2, 0.25) is 0 Å². The average Bonchev–Trinajstić information content (AvgIpc) is 2.29. The zero-order chi connectivity index (χ0) is 11.1. The minimum atomic E-state index is -0.391. The minimum absolute atomic E-state index is 0.391. The highest BCUT2D eigenvalue weighted by Gasteiger charge is 2.03. The lowest BCUT2D eigenvalue weighted by Crippen LogP contribution is -2.04. The summed E-state index contributed by atoms with van der Waals surface area (Å²) in [7, 11) is 3.16. The lowest BCUT2D eigenvalue weighted by atomic mass is 10.2. The molecule has 0 fully saturated rings. The number of carbonyl (C=O) groups is 1. The maximum absolute atomic E-state index is 11.1. The van der Waals surface area contributed by atoms with Crippen LogP contribution in [0.2, 0.25) is 0 Å². The molecule has 0 saturated heterocycles. The SMILES string of the molecule is CNCC#Cc1ccc(C(=O)OC)cn1. The van der Waals surface area contributed by atoms with Gasteiger partial charge in [-0.25, -0.2) is 9.78 Å². The van der Waals surface area contributed by atoms with Crippen LogP contribution in [0.15, 0.2) is 18.3 Å². The minimum Gasteiger partial charge on any atom is -0.465 e. The summed E-state index contributed by atoms with van der Waals surface area (Å²) in [6, 6.07) is 3.33. The number of nitrogens with zero attached hydrogens (tertiary/aromatic N) is 1. The number of methoxy groups -OCH3 is 1. The van der Waals surface area contributed by atoms with Crippen molar-refractivity contribution in [3.05, 3.63) is 29.6 Å². The molecule has 1 N–H and O–H groups in total. The van der Waals surface area contributed by atoms with Gasteiger partial charge in [-0.2, -0.15) is 0 Å². The Labute approximate surface area is 88.7 Å². The summed E-state index contributed by atoms with van der Waals surface area (Å²) < 4.78 is 4.55. The number of rotatable bonds is 2. The van der Waals surface area contributed by atoms with E-state index < -0.39 is 5.97 Å². The van der Waals surface area contributed by atoms with Crippen LogP contribution in [0.1, 0.15) is 16.1 Å². The number of pyridine rings is 1. The Morgan fingerprint density at radius 3 is 2.93 bits per heavy atom. The van der Waals surface area contributed by atoms with Crippen molar-refractivity contribution in [2.45, 2.75) is 0 Å². The molecule has 1 aromatic rings. The lowest BCUT2D eigenvalue weighted by Gasteiger charge is -1.97. The summed E-state index contributed by atoms with van der Waals surface area (Å²) in [4.78, 5) is 15.1. The lowest BCUT2D eigenvalue weighted by molar-refractivity contribution is 0.0600. The van der Waals surface area contributed by atoms with Gasteiger partial charge in [-0.3, -0.25) is 0 Å². The highest BCUT2D eigenvalue weighted by molar-refractivity contribution is 5.88. The largest absolute Gasteiger partial charge is 0.465 e. The van der Waals surface area contributed by atoms with E-state index in [2.05, 4.69) is 26.9 Å². The molecule has 0 aliphatic carbocycles. The average molecular weight is 204 g/mol. The van der Waals surface area contributed by atoms with Crippen LogP contribution in [0.5, 0.6) is 0 Å². The summed E-state index contributed by atoms with van der Waals surface area (Å²) >= 11 is 0. The van der Waals surface area contributed by atoms with Crippen molar-refractivity contribution in [3.8, 4) is 11.8 Å². The molecule has 0 aliphatic heterocycles. The van der Waals surface area contributed by atoms with Crippen molar-refractivity contribution in [3.63, 3.8) is 0 Å². The van der Waals surface area contributed by atoms with Gasteiger partial charge in [-0.15, -0.1) is 0 Å². The molecular weight excluding hydrogens is 192 g/mol. The normalized spacial score (nSPS) is 8.93. The van der Waals surface area contributed by atoms with Crippen LogP contribution in [0.4, 0.5) is 0 Å². The molecule has 0 radical (unpaired) electrons. The fraction of sp³-hybridized carbons (Fsp3) is 0.273. The first-order valence-electron chi connectivity index (χ1n) is 4.45. The molecule has 4 heteroatoms. The van der Waals surface area contributed by atoms with E-state index in [-0.39, 0.29) is 0 Å². The van der Waals surface area contributed by atoms with Gasteiger partial charge in [0, 0.05) is 6.20 Å². The van der Waals surface area contributed by atoms with Crippen molar-refractivity contribution >= 4 is 5.97 Å². The van der Waals surface area contributed by atoms with Crippen molar-refractivity contribution in [2.24, 2.45) is 0 Å². The van der Waals surface area contributed by atoms with E-state index in [9.17, 15) is 4.79 Å². The molecule has 0 saturated carbocycles. The summed E-state index contributed by atoms with van der Waals surface area (Å²) in [5, 5.41) is 2.90. The molecule has 0 aliphatic rings. The van der Waals surface area contributed by atoms with Gasteiger partial charge in [-0.1, -0.05) is 5.92 Å². The molecule has 0 spiro atoms. The number of nitrogens with one attached hydrogen (secondary N) is 1. The highest BCUT2D eigenvalue weighted by Crippen LogP contribution is 2.00. The second-order valence-corrected chi connectivity index (χ2v) is 2.76. The second-order valence-electron chi connectivity index (χ2n) is 2.76. The fourth-order valence-corrected chi connectivity index (χ4v) is 0.930. The molecule has 1 heterocycles. The number of ether oxygens (including phenoxy) is 1. The number of carbonyl (C=O) groups excluding carboxylic acids is 1. The smallest absolute Gasteiger partial charge is 0.339 e. The Morgan fingerprint density at radius 1 is 1.60 bits per heavy atom. The molecule has 15 heavy (non-hydrogen) atoms. The van der Waals surface area contributed by atoms with Crippen LogP contribution in [0, 0.1) is 11.8 Å². The van der Waals surface area contributed by atoms with E-state index >= 15 is 0 Å². The van der Waals surface area contributed by atoms with E-state index in [4.69, 9.17) is 0 Å². The van der Waals surface area contributed by atoms with Crippen LogP contribution in [-0.2, 0) is 4.74 Å². The quantitative estimate of drug-likeness (QED) is 0.561. The Morgan fingerprint density at radius 2 is 2.40 bits per heavy atom. The topological polar surface area (TPSA) is 51.2 Å². The number of aromatic nitrogens is 1. The Kier molecular flexibility index (Phi) is 4.32. The molecule has 1 rings (SSSR count). The maximum atomic E-state index is 11.1. The van der Waals surface area contributed by atoms with Crippen molar-refractivity contribution in [2.75, 3.05) is 20.7 Å². The first-order chi connectivity index (χ1) is 7.27. The van der Waals surface area contributed by atoms with Gasteiger partial charge in [0.05, 0.1) is 19.2 Å². The first kappa shape index (κ1) is 11.2. The molecule has 1 aromatic heterocycles. The van der Waals surface area contributed by atoms with Gasteiger partial charge in [-0.05, 0) is 25.1 Å². The Balaban J connectivity index is 2.73. The van der Waals surface area contributed by atoms with Gasteiger partial charge >= 0.3 is 5.97 Å². The second kappa shape index (κ2) is 5.78. The Bertz CT molecular complexity index is 387. The monoisotopic (exact) mass is 204 g/mol. The van der Waals surface area contributed by atoms with Gasteiger partial charge in [0.25, 0.3) is 0 Å². The summed E-state index contributed by atoms with van der Waals surface area (Å²) in [6.07, 6.45) is 1.45. The molecule has 0 unspecified atom stereocenters. The number of hydrogen-bond acceptors (Lipinski definition) is 4. The molecular formula is C11H12N2O2. The molecule has 0 amide bonds. The Hall–Kier alpha value is -1.86. The first-order valence-corrected chi connectivity index (χ1v) is 4.45. The maximum Gasteiger partial charge on any atom is 0.339 e. The van der Waals surface area contributed by atoms with Crippen molar-refractivity contribution in [1.29, 1.82) is 0 Å². The summed E-state index contributed by atoms with van der Waals surface area (Å²) in [5.41, 5.74) is 1.06. The third kappa shape index (κ3) is 3.41.